The van der Waals surface area contributed by atoms with Gasteiger partial charge in [0.05, 0.1) is 23.2 Å². The zero-order valence-electron chi connectivity index (χ0n) is 17.3. The monoisotopic (exact) mass is 454 g/mol. The smallest absolute Gasteiger partial charge is 0.160 e. The van der Waals surface area contributed by atoms with Crippen LogP contribution in [0.2, 0.25) is 5.02 Å². The molecule has 3 rings (SSSR count). The molecule has 0 saturated heterocycles. The first-order chi connectivity index (χ1) is 15.5. The van der Waals surface area contributed by atoms with Crippen LogP contribution in [-0.2, 0) is 16.0 Å². The predicted molar refractivity (Wildman–Crippen MR) is 120 cm³/mol. The zero-order chi connectivity index (χ0) is 22.9. The first-order valence-electron chi connectivity index (χ1n) is 9.81. The number of carbonyl (C=O) groups is 1. The van der Waals surface area contributed by atoms with Crippen molar-refractivity contribution in [2.24, 2.45) is 0 Å². The van der Waals surface area contributed by atoms with Gasteiger partial charge in [-0.15, -0.1) is 0 Å². The summed E-state index contributed by atoms with van der Waals surface area (Å²) in [7, 11) is 0. The Morgan fingerprint density at radius 3 is 2.88 bits per heavy atom. The van der Waals surface area contributed by atoms with Crippen LogP contribution in [0.1, 0.15) is 12.5 Å². The lowest BCUT2D eigenvalue weighted by molar-refractivity contribution is -0.114. The summed E-state index contributed by atoms with van der Waals surface area (Å²) in [5.41, 5.74) is 1.74. The molecular formula is C23H20ClFN4O3. The average molecular weight is 455 g/mol. The van der Waals surface area contributed by atoms with E-state index >= 15 is 0 Å². The first kappa shape index (κ1) is 23.1. The summed E-state index contributed by atoms with van der Waals surface area (Å²) in [6.45, 7) is 3.17. The first-order valence-corrected chi connectivity index (χ1v) is 10.2. The number of ether oxygens (including phenoxy) is 2. The summed E-state index contributed by atoms with van der Waals surface area (Å²) in [6.07, 6.45) is 3.76. The molecule has 0 fully saturated rings. The molecule has 3 aromatic rings. The van der Waals surface area contributed by atoms with Crippen LogP contribution in [0.25, 0.3) is 10.9 Å². The van der Waals surface area contributed by atoms with Crippen molar-refractivity contribution in [3.05, 3.63) is 65.2 Å². The van der Waals surface area contributed by atoms with E-state index in [-0.39, 0.29) is 17.2 Å². The van der Waals surface area contributed by atoms with E-state index in [1.54, 1.807) is 18.2 Å². The van der Waals surface area contributed by atoms with E-state index in [2.05, 4.69) is 15.3 Å². The fraction of sp³-hybridized carbons (Fsp3) is 0.217. The number of aromatic nitrogens is 2. The lowest BCUT2D eigenvalue weighted by Gasteiger charge is -2.14. The molecule has 2 aromatic carbocycles. The number of allylic oxidation sites excluding steroid dienone is 2. The average Bonchev–Trinajstić information content (AvgIpc) is 2.78. The van der Waals surface area contributed by atoms with Gasteiger partial charge in [0.15, 0.2) is 5.78 Å². The number of hydrogen-bond acceptors (Lipinski definition) is 7. The minimum Gasteiger partial charge on any atom is -0.491 e. The Kier molecular flexibility index (Phi) is 8.08. The Hall–Kier alpha value is -3.54. The molecule has 0 radical (unpaired) electrons. The highest BCUT2D eigenvalue weighted by molar-refractivity contribution is 6.31. The molecule has 0 amide bonds. The summed E-state index contributed by atoms with van der Waals surface area (Å²) in [6, 6.07) is 9.54. The Labute approximate surface area is 189 Å². The Balaban J connectivity index is 1.98. The van der Waals surface area contributed by atoms with Crippen molar-refractivity contribution in [3.63, 3.8) is 0 Å². The van der Waals surface area contributed by atoms with Crippen molar-refractivity contribution >= 4 is 39.8 Å². The molecule has 0 aliphatic rings. The van der Waals surface area contributed by atoms with Crippen molar-refractivity contribution in [1.29, 1.82) is 5.26 Å². The second-order valence-corrected chi connectivity index (χ2v) is 7.01. The van der Waals surface area contributed by atoms with Crippen molar-refractivity contribution in [2.45, 2.75) is 13.3 Å². The summed E-state index contributed by atoms with van der Waals surface area (Å²) in [5, 5.41) is 12.4. The van der Waals surface area contributed by atoms with Gasteiger partial charge >= 0.3 is 0 Å². The summed E-state index contributed by atoms with van der Waals surface area (Å²) >= 11 is 5.87. The maximum Gasteiger partial charge on any atom is 0.160 e. The van der Waals surface area contributed by atoms with Crippen molar-refractivity contribution in [3.8, 4) is 11.8 Å². The van der Waals surface area contributed by atoms with Crippen LogP contribution in [0, 0.1) is 17.1 Å². The normalized spacial score (nSPS) is 10.9. The maximum atomic E-state index is 13.5. The van der Waals surface area contributed by atoms with Crippen LogP contribution in [-0.4, -0.2) is 35.6 Å². The highest BCUT2D eigenvalue weighted by Crippen LogP contribution is 2.31. The van der Waals surface area contributed by atoms with Gasteiger partial charge in [-0.25, -0.2) is 14.4 Å². The fourth-order valence-corrected chi connectivity index (χ4v) is 3.12. The van der Waals surface area contributed by atoms with Crippen LogP contribution < -0.4 is 10.1 Å². The topological polar surface area (TPSA) is 97.1 Å². The van der Waals surface area contributed by atoms with Gasteiger partial charge in [-0.3, -0.25) is 4.79 Å². The molecule has 0 aliphatic heterocycles. The Bertz CT molecular complexity index is 1190. The molecule has 7 nitrogen and oxygen atoms in total. The maximum absolute atomic E-state index is 13.5. The fourth-order valence-electron chi connectivity index (χ4n) is 2.94. The second kappa shape index (κ2) is 11.2. The number of anilines is 2. The van der Waals surface area contributed by atoms with Gasteiger partial charge < -0.3 is 14.8 Å². The molecule has 1 N–H and O–H groups in total. The number of nitriles is 1. The number of fused-ring (bicyclic) bond motifs is 1. The summed E-state index contributed by atoms with van der Waals surface area (Å²) < 4.78 is 24.6. The number of hydrogen-bond donors (Lipinski definition) is 1. The number of nitrogens with zero attached hydrogens (tertiary/aromatic N) is 3. The van der Waals surface area contributed by atoms with Crippen molar-refractivity contribution < 1.29 is 18.7 Å². The molecule has 164 valence electrons. The highest BCUT2D eigenvalue weighted by atomic mass is 35.5. The van der Waals surface area contributed by atoms with E-state index in [0.717, 1.165) is 6.08 Å². The molecule has 0 unspecified atom stereocenters. The number of halogens is 2. The number of benzene rings is 2. The second-order valence-electron chi connectivity index (χ2n) is 6.60. The largest absolute Gasteiger partial charge is 0.491 e. The summed E-state index contributed by atoms with van der Waals surface area (Å²) in [4.78, 5) is 20.8. The molecule has 1 aromatic heterocycles. The van der Waals surface area contributed by atoms with Crippen LogP contribution in [0.4, 0.5) is 15.9 Å². The molecule has 32 heavy (non-hydrogen) atoms. The quantitative estimate of drug-likeness (QED) is 0.267. The number of carbonyl (C=O) groups excluding carboxylic acids is 1. The van der Waals surface area contributed by atoms with Crippen LogP contribution >= 0.6 is 11.6 Å². The van der Waals surface area contributed by atoms with Gasteiger partial charge in [-0.1, -0.05) is 11.6 Å². The van der Waals surface area contributed by atoms with E-state index < -0.39 is 5.82 Å². The third-order valence-electron chi connectivity index (χ3n) is 4.40. The van der Waals surface area contributed by atoms with Crippen LogP contribution in [0.15, 0.2) is 48.8 Å². The number of rotatable bonds is 10. The van der Waals surface area contributed by atoms with E-state index in [9.17, 15) is 9.18 Å². The highest BCUT2D eigenvalue weighted by Gasteiger charge is 2.14. The molecule has 0 aliphatic carbocycles. The van der Waals surface area contributed by atoms with Gasteiger partial charge in [0.2, 0.25) is 0 Å². The lowest BCUT2D eigenvalue weighted by Crippen LogP contribution is -2.09. The minimum absolute atomic E-state index is 0.0195. The lowest BCUT2D eigenvalue weighted by atomic mass is 10.0. The molecule has 0 atom stereocenters. The van der Waals surface area contributed by atoms with Gasteiger partial charge in [0.25, 0.3) is 0 Å². The predicted octanol–water partition coefficient (Wildman–Crippen LogP) is 4.77. The van der Waals surface area contributed by atoms with E-state index in [4.69, 9.17) is 26.3 Å². The van der Waals surface area contributed by atoms with Gasteiger partial charge in [0, 0.05) is 41.8 Å². The standard InChI is InChI=1S/C23H20ClFN4O3/c1-2-31-8-9-32-22-13-21-18(11-15(22)10-17(30)4-3-7-26)23(28-14-27-21)29-16-5-6-20(25)19(24)12-16/h3-6,11-14H,2,8-10H2,1H3,(H,27,28,29)/b4-3-. The molecule has 0 bridgehead atoms. The molecular weight excluding hydrogens is 435 g/mol. The van der Waals surface area contributed by atoms with Crippen LogP contribution in [0.3, 0.4) is 0 Å². The van der Waals surface area contributed by atoms with E-state index in [1.165, 1.54) is 30.6 Å². The number of nitrogens with one attached hydrogen (secondary N) is 1. The van der Waals surface area contributed by atoms with E-state index in [1.807, 2.05) is 6.92 Å². The zero-order valence-corrected chi connectivity index (χ0v) is 18.0. The Morgan fingerprint density at radius 1 is 1.28 bits per heavy atom. The van der Waals surface area contributed by atoms with Gasteiger partial charge in [0.1, 0.15) is 30.3 Å². The molecule has 0 saturated carbocycles. The number of ketones is 1. The minimum atomic E-state index is -0.523. The molecule has 0 spiro atoms. The SMILES string of the molecule is CCOCCOc1cc2ncnc(Nc3ccc(F)c(Cl)c3)c2cc1CC(=O)/C=C\C#N. The third kappa shape index (κ3) is 6.00. The third-order valence-corrected chi connectivity index (χ3v) is 4.69. The molecule has 9 heteroatoms. The molecule has 1 heterocycles. The van der Waals surface area contributed by atoms with Crippen LogP contribution in [0.5, 0.6) is 5.75 Å². The van der Waals surface area contributed by atoms with Gasteiger partial charge in [-0.2, -0.15) is 5.26 Å². The van der Waals surface area contributed by atoms with Crippen molar-refractivity contribution in [2.75, 3.05) is 25.1 Å². The summed E-state index contributed by atoms with van der Waals surface area (Å²) in [5.74, 6) is 0.173. The van der Waals surface area contributed by atoms with E-state index in [0.29, 0.717) is 53.5 Å². The Morgan fingerprint density at radius 2 is 2.12 bits per heavy atom. The van der Waals surface area contributed by atoms with Crippen molar-refractivity contribution in [1.82, 2.24) is 9.97 Å². The van der Waals surface area contributed by atoms with Gasteiger partial charge in [-0.05, 0) is 37.3 Å².